The highest BCUT2D eigenvalue weighted by Gasteiger charge is 2.06. The minimum atomic E-state index is -0.139. The Morgan fingerprint density at radius 3 is 3.00 bits per heavy atom. The van der Waals surface area contributed by atoms with Crippen molar-refractivity contribution in [3.05, 3.63) is 50.7 Å². The van der Waals surface area contributed by atoms with Gasteiger partial charge in [-0.15, -0.1) is 11.3 Å². The third-order valence-corrected chi connectivity index (χ3v) is 3.70. The van der Waals surface area contributed by atoms with Crippen LogP contribution in [0.1, 0.15) is 16.0 Å². The summed E-state index contributed by atoms with van der Waals surface area (Å²) in [7, 11) is 0. The Hall–Kier alpha value is -1.47. The fraction of sp³-hybridized carbons (Fsp3) is 0.200. The molecule has 98 valence electrons. The molecule has 0 bridgehead atoms. The zero-order valence-corrected chi connectivity index (χ0v) is 12.0. The van der Waals surface area contributed by atoms with E-state index < -0.39 is 0 Å². The molecule has 0 radical (unpaired) electrons. The highest BCUT2D eigenvalue weighted by molar-refractivity contribution is 7.10. The second kappa shape index (κ2) is 6.63. The summed E-state index contributed by atoms with van der Waals surface area (Å²) in [4.78, 5) is 1.03. The number of hydrogen-bond donors (Lipinski definition) is 1. The second-order valence-corrected chi connectivity index (χ2v) is 5.35. The molecule has 0 saturated carbocycles. The van der Waals surface area contributed by atoms with Crippen molar-refractivity contribution in [2.45, 2.75) is 13.5 Å². The van der Waals surface area contributed by atoms with Crippen LogP contribution in [-0.2, 0) is 6.61 Å². The zero-order valence-electron chi connectivity index (χ0n) is 10.4. The van der Waals surface area contributed by atoms with Crippen molar-refractivity contribution < 1.29 is 9.84 Å². The number of ether oxygens (including phenoxy) is 1. The van der Waals surface area contributed by atoms with Crippen LogP contribution in [-0.4, -0.2) is 11.7 Å². The number of aliphatic hydroxyl groups excluding tert-OH is 1. The van der Waals surface area contributed by atoms with Crippen molar-refractivity contribution >= 4 is 22.9 Å². The van der Waals surface area contributed by atoms with E-state index in [0.717, 1.165) is 16.0 Å². The standard InChI is InChI=1S/C15H13ClO2S/c1-11-4-5-13(16)14(9-11)18-10-15-12(3-2-7-17)6-8-19-15/h4-6,8-9,17H,7,10H2,1H3. The maximum atomic E-state index is 8.71. The Labute approximate surface area is 121 Å². The van der Waals surface area contributed by atoms with E-state index in [4.69, 9.17) is 21.4 Å². The van der Waals surface area contributed by atoms with E-state index in [0.29, 0.717) is 17.4 Å². The van der Waals surface area contributed by atoms with Crippen molar-refractivity contribution in [1.29, 1.82) is 0 Å². The smallest absolute Gasteiger partial charge is 0.138 e. The molecular formula is C15H13ClO2S. The van der Waals surface area contributed by atoms with Gasteiger partial charge >= 0.3 is 0 Å². The first-order chi connectivity index (χ1) is 9.20. The van der Waals surface area contributed by atoms with Crippen molar-refractivity contribution in [2.24, 2.45) is 0 Å². The van der Waals surface area contributed by atoms with Gasteiger partial charge in [-0.1, -0.05) is 29.5 Å². The molecule has 1 N–H and O–H groups in total. The van der Waals surface area contributed by atoms with Crippen LogP contribution in [0.5, 0.6) is 5.75 Å². The number of thiophene rings is 1. The van der Waals surface area contributed by atoms with Gasteiger partial charge in [-0.3, -0.25) is 0 Å². The van der Waals surface area contributed by atoms with E-state index in [1.807, 2.05) is 36.6 Å². The lowest BCUT2D eigenvalue weighted by Gasteiger charge is -2.08. The van der Waals surface area contributed by atoms with E-state index in [2.05, 4.69) is 11.8 Å². The average Bonchev–Trinajstić information content (AvgIpc) is 2.85. The summed E-state index contributed by atoms with van der Waals surface area (Å²) in [5.41, 5.74) is 1.99. The molecule has 19 heavy (non-hydrogen) atoms. The molecule has 0 aliphatic rings. The summed E-state index contributed by atoms with van der Waals surface area (Å²) in [6, 6.07) is 7.60. The van der Waals surface area contributed by atoms with E-state index in [-0.39, 0.29) is 6.61 Å². The van der Waals surface area contributed by atoms with Gasteiger partial charge in [0.1, 0.15) is 19.0 Å². The van der Waals surface area contributed by atoms with E-state index in [1.54, 1.807) is 11.3 Å². The maximum Gasteiger partial charge on any atom is 0.138 e. The molecule has 2 aromatic rings. The van der Waals surface area contributed by atoms with E-state index in [1.165, 1.54) is 0 Å². The topological polar surface area (TPSA) is 29.5 Å². The predicted octanol–water partition coefficient (Wildman–Crippen LogP) is 3.63. The molecule has 0 unspecified atom stereocenters. The molecule has 0 aliphatic heterocycles. The number of aryl methyl sites for hydroxylation is 1. The third kappa shape index (κ3) is 3.74. The molecule has 4 heteroatoms. The Morgan fingerprint density at radius 1 is 1.37 bits per heavy atom. The molecule has 0 fully saturated rings. The average molecular weight is 293 g/mol. The van der Waals surface area contributed by atoms with Crippen LogP contribution in [0.25, 0.3) is 0 Å². The molecule has 2 nitrogen and oxygen atoms in total. The first-order valence-electron chi connectivity index (χ1n) is 5.75. The minimum absolute atomic E-state index is 0.139. The summed E-state index contributed by atoms with van der Waals surface area (Å²) in [5, 5.41) is 11.3. The second-order valence-electron chi connectivity index (χ2n) is 3.94. The van der Waals surface area contributed by atoms with Gasteiger partial charge in [0.15, 0.2) is 0 Å². The van der Waals surface area contributed by atoms with Gasteiger partial charge in [0.2, 0.25) is 0 Å². The van der Waals surface area contributed by atoms with Crippen molar-refractivity contribution in [2.75, 3.05) is 6.61 Å². The quantitative estimate of drug-likeness (QED) is 0.875. The monoisotopic (exact) mass is 292 g/mol. The van der Waals surface area contributed by atoms with E-state index >= 15 is 0 Å². The number of hydrogen-bond acceptors (Lipinski definition) is 3. The van der Waals surface area contributed by atoms with Crippen LogP contribution >= 0.6 is 22.9 Å². The molecule has 0 spiro atoms. The summed E-state index contributed by atoms with van der Waals surface area (Å²) >= 11 is 7.65. The molecule has 1 aromatic carbocycles. The lowest BCUT2D eigenvalue weighted by atomic mass is 10.2. The fourth-order valence-corrected chi connectivity index (χ4v) is 2.48. The van der Waals surface area contributed by atoms with Gasteiger partial charge in [-0.2, -0.15) is 0 Å². The Balaban J connectivity index is 2.10. The summed E-state index contributed by atoms with van der Waals surface area (Å²) in [6.45, 7) is 2.28. The Kier molecular flexibility index (Phi) is 4.86. The normalized spacial score (nSPS) is 9.84. The molecule has 0 aliphatic carbocycles. The first kappa shape index (κ1) is 14.0. The van der Waals surface area contributed by atoms with Gasteiger partial charge in [0, 0.05) is 5.56 Å². The fourth-order valence-electron chi connectivity index (χ4n) is 1.56. The largest absolute Gasteiger partial charge is 0.486 e. The summed E-state index contributed by atoms with van der Waals surface area (Å²) in [5.74, 6) is 6.22. The number of rotatable bonds is 3. The third-order valence-electron chi connectivity index (χ3n) is 2.49. The molecule has 0 saturated heterocycles. The SMILES string of the molecule is Cc1ccc(Cl)c(OCc2sccc2C#CCO)c1. The molecule has 0 atom stereocenters. The van der Waals surface area contributed by atoms with Crippen molar-refractivity contribution in [3.63, 3.8) is 0 Å². The van der Waals surface area contributed by atoms with Gasteiger partial charge < -0.3 is 9.84 Å². The highest BCUT2D eigenvalue weighted by Crippen LogP contribution is 2.27. The van der Waals surface area contributed by atoms with Gasteiger partial charge in [-0.05, 0) is 36.1 Å². The van der Waals surface area contributed by atoms with Crippen molar-refractivity contribution in [1.82, 2.24) is 0 Å². The summed E-state index contributed by atoms with van der Waals surface area (Å²) < 4.78 is 5.73. The van der Waals surface area contributed by atoms with Crippen LogP contribution in [0.3, 0.4) is 0 Å². The van der Waals surface area contributed by atoms with Gasteiger partial charge in [-0.25, -0.2) is 0 Å². The lowest BCUT2D eigenvalue weighted by molar-refractivity contribution is 0.309. The molecule has 0 amide bonds. The predicted molar refractivity (Wildman–Crippen MR) is 78.8 cm³/mol. The number of aliphatic hydroxyl groups is 1. The van der Waals surface area contributed by atoms with Crippen LogP contribution < -0.4 is 4.74 Å². The molecule has 1 aromatic heterocycles. The number of halogens is 1. The Morgan fingerprint density at radius 2 is 2.21 bits per heavy atom. The van der Waals surface area contributed by atoms with Crippen LogP contribution in [0.4, 0.5) is 0 Å². The molecule has 1 heterocycles. The van der Waals surface area contributed by atoms with Crippen LogP contribution in [0.2, 0.25) is 5.02 Å². The number of benzene rings is 1. The van der Waals surface area contributed by atoms with Gasteiger partial charge in [0.05, 0.1) is 9.90 Å². The summed E-state index contributed by atoms with van der Waals surface area (Å²) in [6.07, 6.45) is 0. The molecule has 2 rings (SSSR count). The lowest BCUT2D eigenvalue weighted by Crippen LogP contribution is -1.96. The Bertz CT molecular complexity index is 623. The van der Waals surface area contributed by atoms with Crippen molar-refractivity contribution in [3.8, 4) is 17.6 Å². The van der Waals surface area contributed by atoms with Crippen LogP contribution in [0, 0.1) is 18.8 Å². The highest BCUT2D eigenvalue weighted by atomic mass is 35.5. The van der Waals surface area contributed by atoms with Crippen LogP contribution in [0.15, 0.2) is 29.6 Å². The maximum absolute atomic E-state index is 8.71. The molecular weight excluding hydrogens is 280 g/mol. The van der Waals surface area contributed by atoms with E-state index in [9.17, 15) is 0 Å². The minimum Gasteiger partial charge on any atom is -0.486 e. The van der Waals surface area contributed by atoms with Gasteiger partial charge in [0.25, 0.3) is 0 Å². The zero-order chi connectivity index (χ0) is 13.7. The first-order valence-corrected chi connectivity index (χ1v) is 7.01.